The molecule has 1 aliphatic rings. The zero-order chi connectivity index (χ0) is 56.3. The highest BCUT2D eigenvalue weighted by molar-refractivity contribution is 8.00. The van der Waals surface area contributed by atoms with Gasteiger partial charge in [-0.3, -0.25) is 43.8 Å². The van der Waals surface area contributed by atoms with E-state index in [2.05, 4.69) is 43.9 Å². The fourth-order valence-corrected chi connectivity index (χ4v) is 9.41. The van der Waals surface area contributed by atoms with Gasteiger partial charge in [-0.2, -0.15) is 4.58 Å². The minimum atomic E-state index is -1.68. The number of aliphatic hydroxyl groups excluding tert-OH is 1. The Bertz CT molecular complexity index is 1840. The van der Waals surface area contributed by atoms with Crippen molar-refractivity contribution in [1.82, 2.24) is 37.2 Å². The number of carboxylic acid groups (broad SMARTS) is 1. The molecule has 1 saturated carbocycles. The van der Waals surface area contributed by atoms with Gasteiger partial charge < -0.3 is 70.4 Å². The topological polar surface area (TPSA) is 409 Å². The molecule has 0 bridgehead atoms. The quantitative estimate of drug-likeness (QED) is 0.0162. The molecule has 25 heteroatoms. The molecule has 18 N–H and O–H groups in total. The lowest BCUT2D eigenvalue weighted by Gasteiger charge is -2.29. The Morgan fingerprint density at radius 1 is 0.640 bits per heavy atom. The fourth-order valence-electron chi connectivity index (χ4n) is 8.55. The molecule has 75 heavy (non-hydrogen) atoms. The number of nitrogens with two attached hydrogens (primary N) is 4. The van der Waals surface area contributed by atoms with Gasteiger partial charge in [-0.1, -0.05) is 84.5 Å². The number of hydrogen-bond acceptors (Lipinski definition) is 14. The summed E-state index contributed by atoms with van der Waals surface area (Å²) in [6.45, 7) is 9.49. The van der Waals surface area contributed by atoms with E-state index in [-0.39, 0.29) is 68.1 Å². The predicted molar refractivity (Wildman–Crippen MR) is 288 cm³/mol. The Morgan fingerprint density at radius 2 is 1.21 bits per heavy atom. The Kier molecular flexibility index (Phi) is 35.2. The average molecular weight is 1080 g/mol. The van der Waals surface area contributed by atoms with E-state index in [9.17, 15) is 48.3 Å². The summed E-state index contributed by atoms with van der Waals surface area (Å²) in [5.74, 6) is -7.52. The van der Waals surface area contributed by atoms with Crippen molar-refractivity contribution in [3.63, 3.8) is 0 Å². The number of nitrogens with zero attached hydrogens (tertiary/aromatic N) is 1. The van der Waals surface area contributed by atoms with Crippen molar-refractivity contribution in [3.05, 3.63) is 0 Å². The summed E-state index contributed by atoms with van der Waals surface area (Å²) in [6, 6.07) is -7.54. The average Bonchev–Trinajstić information content (AvgIpc) is 3.35. The number of aliphatic carboxylic acids is 1. The van der Waals surface area contributed by atoms with E-state index in [1.807, 2.05) is 0 Å². The number of carbonyl (C=O) groups is 9. The van der Waals surface area contributed by atoms with Gasteiger partial charge in [0.1, 0.15) is 36.9 Å². The van der Waals surface area contributed by atoms with Gasteiger partial charge in [0.25, 0.3) is 5.91 Å². The third-order valence-electron chi connectivity index (χ3n) is 13.0. The van der Waals surface area contributed by atoms with Crippen LogP contribution in [0.3, 0.4) is 0 Å². The zero-order valence-electron chi connectivity index (χ0n) is 44.7. The molecule has 0 aromatic heterocycles. The van der Waals surface area contributed by atoms with Gasteiger partial charge in [-0.15, -0.1) is 11.8 Å². The van der Waals surface area contributed by atoms with Crippen LogP contribution in [0.25, 0.3) is 0 Å². The van der Waals surface area contributed by atoms with Crippen LogP contribution in [0.5, 0.6) is 0 Å². The molecule has 1 fully saturated rings. The number of thioether (sulfide) groups is 1. The highest BCUT2D eigenvalue weighted by Crippen LogP contribution is 2.28. The summed E-state index contributed by atoms with van der Waals surface area (Å²) < 4.78 is 1.16. The molecule has 428 valence electrons. The van der Waals surface area contributed by atoms with E-state index in [1.165, 1.54) is 6.92 Å². The second-order valence-electron chi connectivity index (χ2n) is 19.8. The van der Waals surface area contributed by atoms with Crippen LogP contribution in [0, 0.1) is 17.2 Å². The third-order valence-corrected chi connectivity index (χ3v) is 14.0. The molecule has 0 heterocycles. The molecule has 0 spiro atoms. The Labute approximate surface area is 447 Å². The number of aliphatic hydroxyl groups is 1. The van der Waals surface area contributed by atoms with Gasteiger partial charge in [0.05, 0.1) is 18.3 Å². The molecule has 0 saturated heterocycles. The van der Waals surface area contributed by atoms with Crippen molar-refractivity contribution in [3.8, 4) is 0 Å². The fraction of sp³-hybridized carbons (Fsp3) is 0.780. The molecule has 1 rings (SSSR count). The monoisotopic (exact) mass is 1080 g/mol. The number of guanidine groups is 1. The molecule has 8 amide bonds. The second kappa shape index (κ2) is 39.0. The molecule has 0 radical (unpaired) electrons. The Morgan fingerprint density at radius 3 is 1.79 bits per heavy atom. The maximum absolute atomic E-state index is 14.1. The van der Waals surface area contributed by atoms with Crippen LogP contribution in [0.15, 0.2) is 0 Å². The number of amides is 8. The maximum atomic E-state index is 14.1. The van der Waals surface area contributed by atoms with Gasteiger partial charge in [-0.05, 0) is 76.8 Å². The number of unbranched alkanes of at least 4 members (excludes halogenated alkanes) is 8. The van der Waals surface area contributed by atoms with E-state index < -0.39 is 95.6 Å². The standard InChI is InChI=1S/C50H91N13O11S/c1-32(2)42(61-47(72)38(29-34-19-12-11-13-20-34)63(4)40(66)22-18-25-51)48(73)62-43(33(3)64)49(74)60-37(30-75-31-39(65)58-35(44(53)69)21-15-17-28-57-50(54)55)46(71)59-36(24-26-52)45(70)56-27-16-10-8-6-5-7-9-14-23-41(67)68/h32-38,42-43,64H,4-31,51-52H2,1-3H3,(H12-,53,54,55,56,57,58,59,60,61,62,65,67,68,69,70,71,72,73,74)/p+1/t33-,35+,36+,37+,38+,42+,43+/m1/s1. The highest BCUT2D eigenvalue weighted by Gasteiger charge is 2.40. The molecule has 1 aliphatic carbocycles. The molecule has 7 atom stereocenters. The Balaban J connectivity index is 3.27. The largest absolute Gasteiger partial charge is 0.481 e. The number of rotatable bonds is 41. The van der Waals surface area contributed by atoms with Crippen molar-refractivity contribution in [2.75, 3.05) is 37.7 Å². The van der Waals surface area contributed by atoms with Crippen LogP contribution in [-0.2, 0) is 43.2 Å². The van der Waals surface area contributed by atoms with Gasteiger partial charge in [0.2, 0.25) is 41.5 Å². The zero-order valence-corrected chi connectivity index (χ0v) is 45.5. The number of hydrogen-bond donors (Lipinski definition) is 14. The van der Waals surface area contributed by atoms with Crippen molar-refractivity contribution < 1.29 is 57.9 Å². The van der Waals surface area contributed by atoms with E-state index in [1.54, 1.807) is 13.8 Å². The normalized spacial score (nSPS) is 15.4. The van der Waals surface area contributed by atoms with Crippen molar-refractivity contribution in [1.29, 1.82) is 5.41 Å². The molecule has 0 aromatic rings. The summed E-state index contributed by atoms with van der Waals surface area (Å²) in [4.78, 5) is 119. The first-order chi connectivity index (χ1) is 35.6. The lowest BCUT2D eigenvalue weighted by atomic mass is 9.84. The third kappa shape index (κ3) is 29.5. The van der Waals surface area contributed by atoms with E-state index >= 15 is 0 Å². The number of primary amides is 1. The summed E-state index contributed by atoms with van der Waals surface area (Å²) >= 11 is 0.908. The summed E-state index contributed by atoms with van der Waals surface area (Å²) in [5, 5.41) is 45.6. The minimum absolute atomic E-state index is 0.00740. The van der Waals surface area contributed by atoms with E-state index in [0.29, 0.717) is 51.6 Å². The van der Waals surface area contributed by atoms with Gasteiger partial charge in [-0.25, -0.2) is 4.79 Å². The molecule has 0 aromatic carbocycles. The summed E-state index contributed by atoms with van der Waals surface area (Å²) in [5.41, 5.74) is 22.3. The lowest BCUT2D eigenvalue weighted by Crippen LogP contribution is -2.62. The van der Waals surface area contributed by atoms with Crippen LogP contribution < -0.4 is 60.2 Å². The number of carboxylic acids is 1. The summed E-state index contributed by atoms with van der Waals surface area (Å²) in [6.07, 6.45) is 12.3. The van der Waals surface area contributed by atoms with Crippen LogP contribution in [0.1, 0.15) is 156 Å². The first kappa shape index (κ1) is 67.6. The Hall–Kier alpha value is -5.40. The van der Waals surface area contributed by atoms with Gasteiger partial charge >= 0.3 is 11.9 Å². The van der Waals surface area contributed by atoms with Crippen LogP contribution in [-0.4, -0.2) is 161 Å². The van der Waals surface area contributed by atoms with Crippen LogP contribution in [0.4, 0.5) is 0 Å². The van der Waals surface area contributed by atoms with Gasteiger partial charge in [0.15, 0.2) is 5.96 Å². The highest BCUT2D eigenvalue weighted by atomic mass is 32.2. The van der Waals surface area contributed by atoms with Crippen molar-refractivity contribution in [2.45, 2.75) is 198 Å². The van der Waals surface area contributed by atoms with Crippen molar-refractivity contribution >= 4 is 77.7 Å². The second-order valence-corrected chi connectivity index (χ2v) is 20.8. The van der Waals surface area contributed by atoms with Crippen molar-refractivity contribution in [2.24, 2.45) is 34.8 Å². The van der Waals surface area contributed by atoms with Crippen LogP contribution in [0.2, 0.25) is 0 Å². The van der Waals surface area contributed by atoms with Gasteiger partial charge in [0, 0.05) is 31.7 Å². The first-order valence-corrected chi connectivity index (χ1v) is 27.9. The first-order valence-electron chi connectivity index (χ1n) is 26.8. The maximum Gasteiger partial charge on any atom is 0.387 e. The lowest BCUT2D eigenvalue weighted by molar-refractivity contribution is -0.470. The predicted octanol–water partition coefficient (Wildman–Crippen LogP) is -0.303. The SMILES string of the molecule is C=[N+](C(=O)CCCN)[C@@H](CC1CCCCC1)C(=O)N[C@H](C(=O)N[C@H](C(=O)N[C@@H](CSCC(=O)N[C@@H](CCCCNC(=N)N)C(N)=O)C(=O)N[C@@H](CCN)C(=O)NCCCCCCCCCCC(=O)O)[C@@H](C)O)C(C)C. The minimum Gasteiger partial charge on any atom is -0.481 e. The molecule has 0 aliphatic heterocycles. The smallest absolute Gasteiger partial charge is 0.387 e. The molecule has 24 nitrogen and oxygen atoms in total. The van der Waals surface area contributed by atoms with E-state index in [4.69, 9.17) is 33.5 Å². The number of carbonyl (C=O) groups excluding carboxylic acids is 8. The van der Waals surface area contributed by atoms with E-state index in [0.717, 1.165) is 87.0 Å². The molecular formula is C50H92N13O11S+. The number of nitrogens with one attached hydrogen (secondary N) is 8. The molecule has 0 unspecified atom stereocenters. The summed E-state index contributed by atoms with van der Waals surface area (Å²) in [7, 11) is 0. The van der Waals surface area contributed by atoms with Crippen LogP contribution >= 0.6 is 11.8 Å². The molecular weight excluding hydrogens is 991 g/mol.